The van der Waals surface area contributed by atoms with E-state index in [0.717, 1.165) is 0 Å². The third-order valence-electron chi connectivity index (χ3n) is 4.36. The zero-order chi connectivity index (χ0) is 21.6. The van der Waals surface area contributed by atoms with E-state index in [9.17, 15) is 19.7 Å². The third-order valence-corrected chi connectivity index (χ3v) is 4.68. The Hall–Kier alpha value is -2.69. The second-order valence-corrected chi connectivity index (χ2v) is 6.53. The number of esters is 1. The van der Waals surface area contributed by atoms with Gasteiger partial charge in [0, 0.05) is 26.0 Å². The van der Waals surface area contributed by atoms with Gasteiger partial charge in [-0.2, -0.15) is 0 Å². The molecule has 1 aliphatic rings. The molecule has 1 heterocycles. The molecule has 2 rings (SSSR count). The topological polar surface area (TPSA) is 120 Å². The normalized spacial score (nSPS) is 16.6. The van der Waals surface area contributed by atoms with E-state index in [0.29, 0.717) is 11.3 Å². The van der Waals surface area contributed by atoms with Crippen molar-refractivity contribution < 1.29 is 28.7 Å². The summed E-state index contributed by atoms with van der Waals surface area (Å²) in [5.74, 6) is -0.662. The second-order valence-electron chi connectivity index (χ2n) is 6.12. The number of nitro groups is 1. The molecule has 1 aliphatic heterocycles. The summed E-state index contributed by atoms with van der Waals surface area (Å²) in [5.41, 5.74) is 0.535. The standard InChI is InChI=1S/C18H22ClN3O7/c1-11-15(17(23)29-9-8-28-3)16(20-18(24)21(11)6-7-27-2)12-4-5-13(19)14(10-12)22(25)26/h4-5,10,16H,6-9H2,1-3H3,(H,20,24). The van der Waals surface area contributed by atoms with Gasteiger partial charge in [-0.15, -0.1) is 0 Å². The number of urea groups is 1. The van der Waals surface area contributed by atoms with Gasteiger partial charge in [-0.25, -0.2) is 9.59 Å². The van der Waals surface area contributed by atoms with Crippen molar-refractivity contribution in [3.8, 4) is 0 Å². The number of methoxy groups -OCH3 is 2. The molecule has 1 atom stereocenters. The first kappa shape index (κ1) is 22.6. The van der Waals surface area contributed by atoms with Crippen molar-refractivity contribution in [2.45, 2.75) is 13.0 Å². The number of allylic oxidation sites excluding steroid dienone is 1. The molecule has 0 bridgehead atoms. The number of halogens is 1. The lowest BCUT2D eigenvalue weighted by molar-refractivity contribution is -0.384. The van der Waals surface area contributed by atoms with Gasteiger partial charge >= 0.3 is 12.0 Å². The largest absolute Gasteiger partial charge is 0.460 e. The smallest absolute Gasteiger partial charge is 0.338 e. The highest BCUT2D eigenvalue weighted by molar-refractivity contribution is 6.32. The molecule has 0 radical (unpaired) electrons. The molecule has 0 saturated carbocycles. The molecule has 2 amide bonds. The summed E-state index contributed by atoms with van der Waals surface area (Å²) in [6, 6.07) is 2.69. The molecule has 10 nitrogen and oxygen atoms in total. The number of carbonyl (C=O) groups is 2. The van der Waals surface area contributed by atoms with E-state index in [1.165, 1.54) is 37.3 Å². The van der Waals surface area contributed by atoms with Gasteiger partial charge in [-0.05, 0) is 18.6 Å². The van der Waals surface area contributed by atoms with E-state index in [-0.39, 0.29) is 42.6 Å². The van der Waals surface area contributed by atoms with Crippen molar-refractivity contribution >= 4 is 29.3 Å². The number of nitrogens with zero attached hydrogens (tertiary/aromatic N) is 2. The van der Waals surface area contributed by atoms with Crippen LogP contribution in [0.2, 0.25) is 5.02 Å². The molecule has 0 saturated heterocycles. The van der Waals surface area contributed by atoms with E-state index in [4.69, 9.17) is 25.8 Å². The zero-order valence-corrected chi connectivity index (χ0v) is 17.0. The molecule has 158 valence electrons. The van der Waals surface area contributed by atoms with Crippen LogP contribution >= 0.6 is 11.6 Å². The van der Waals surface area contributed by atoms with Gasteiger partial charge in [0.1, 0.15) is 11.6 Å². The Balaban J connectivity index is 2.49. The van der Waals surface area contributed by atoms with Crippen molar-refractivity contribution in [1.29, 1.82) is 0 Å². The predicted octanol–water partition coefficient (Wildman–Crippen LogP) is 2.42. The van der Waals surface area contributed by atoms with Gasteiger partial charge in [0.25, 0.3) is 5.69 Å². The maximum absolute atomic E-state index is 12.8. The summed E-state index contributed by atoms with van der Waals surface area (Å²) >= 11 is 5.88. The number of carbonyl (C=O) groups excluding carboxylic acids is 2. The Labute approximate surface area is 172 Å². The van der Waals surface area contributed by atoms with E-state index < -0.39 is 23.0 Å². The minimum absolute atomic E-state index is 0.0195. The minimum atomic E-state index is -0.938. The number of hydrogen-bond acceptors (Lipinski definition) is 7. The maximum atomic E-state index is 12.8. The van der Waals surface area contributed by atoms with Crippen LogP contribution in [-0.2, 0) is 19.0 Å². The zero-order valence-electron chi connectivity index (χ0n) is 16.3. The Morgan fingerprint density at radius 2 is 1.97 bits per heavy atom. The van der Waals surface area contributed by atoms with Crippen LogP contribution in [0.3, 0.4) is 0 Å². The number of hydrogen-bond donors (Lipinski definition) is 1. The van der Waals surface area contributed by atoms with Crippen LogP contribution in [0.4, 0.5) is 10.5 Å². The molecule has 1 aromatic rings. The van der Waals surface area contributed by atoms with Gasteiger partial charge in [-0.1, -0.05) is 17.7 Å². The Morgan fingerprint density at radius 1 is 1.28 bits per heavy atom. The average molecular weight is 428 g/mol. The van der Waals surface area contributed by atoms with Crippen LogP contribution in [0, 0.1) is 10.1 Å². The number of amides is 2. The fourth-order valence-corrected chi connectivity index (χ4v) is 3.08. The number of ether oxygens (including phenoxy) is 3. The SMILES string of the molecule is COCCOC(=O)C1=C(C)N(CCOC)C(=O)NC1c1ccc(Cl)c([N+](=O)[O-])c1. The number of benzene rings is 1. The Kier molecular flexibility index (Phi) is 7.94. The van der Waals surface area contributed by atoms with Gasteiger partial charge in [0.05, 0.1) is 36.3 Å². The number of nitrogens with one attached hydrogen (secondary N) is 1. The molecule has 0 aromatic heterocycles. The Bertz CT molecular complexity index is 828. The predicted molar refractivity (Wildman–Crippen MR) is 103 cm³/mol. The summed E-state index contributed by atoms with van der Waals surface area (Å²) in [6.45, 7) is 2.31. The van der Waals surface area contributed by atoms with Crippen molar-refractivity contribution in [1.82, 2.24) is 10.2 Å². The molecular formula is C18H22ClN3O7. The monoisotopic (exact) mass is 427 g/mol. The minimum Gasteiger partial charge on any atom is -0.460 e. The summed E-state index contributed by atoms with van der Waals surface area (Å²) < 4.78 is 15.1. The summed E-state index contributed by atoms with van der Waals surface area (Å²) in [6.07, 6.45) is 0. The van der Waals surface area contributed by atoms with Crippen molar-refractivity contribution in [2.75, 3.05) is 40.6 Å². The van der Waals surface area contributed by atoms with Gasteiger partial charge in [0.2, 0.25) is 0 Å². The number of nitro benzene ring substituents is 1. The first-order valence-corrected chi connectivity index (χ1v) is 9.07. The van der Waals surface area contributed by atoms with E-state index >= 15 is 0 Å². The van der Waals surface area contributed by atoms with E-state index in [2.05, 4.69) is 5.32 Å². The summed E-state index contributed by atoms with van der Waals surface area (Å²) in [5, 5.41) is 13.9. The first-order valence-electron chi connectivity index (χ1n) is 8.69. The highest BCUT2D eigenvalue weighted by atomic mass is 35.5. The van der Waals surface area contributed by atoms with Crippen LogP contribution < -0.4 is 5.32 Å². The lowest BCUT2D eigenvalue weighted by Gasteiger charge is -2.35. The fraction of sp³-hybridized carbons (Fsp3) is 0.444. The molecule has 11 heteroatoms. The lowest BCUT2D eigenvalue weighted by atomic mass is 9.94. The van der Waals surface area contributed by atoms with Crippen LogP contribution in [0.5, 0.6) is 0 Å². The van der Waals surface area contributed by atoms with E-state index in [1.807, 2.05) is 0 Å². The maximum Gasteiger partial charge on any atom is 0.338 e. The summed E-state index contributed by atoms with van der Waals surface area (Å²) in [4.78, 5) is 37.3. The molecule has 0 spiro atoms. The highest BCUT2D eigenvalue weighted by Gasteiger charge is 2.37. The Morgan fingerprint density at radius 3 is 2.59 bits per heavy atom. The fourth-order valence-electron chi connectivity index (χ4n) is 2.89. The highest BCUT2D eigenvalue weighted by Crippen LogP contribution is 2.35. The molecule has 29 heavy (non-hydrogen) atoms. The molecule has 1 N–H and O–H groups in total. The van der Waals surface area contributed by atoms with Crippen LogP contribution in [0.1, 0.15) is 18.5 Å². The lowest BCUT2D eigenvalue weighted by Crippen LogP contribution is -2.49. The van der Waals surface area contributed by atoms with Gasteiger partial charge in [0.15, 0.2) is 0 Å². The first-order chi connectivity index (χ1) is 13.8. The second kappa shape index (κ2) is 10.2. The molecule has 0 aliphatic carbocycles. The van der Waals surface area contributed by atoms with E-state index in [1.54, 1.807) is 6.92 Å². The van der Waals surface area contributed by atoms with Crippen LogP contribution in [0.25, 0.3) is 0 Å². The molecule has 0 fully saturated rings. The van der Waals surface area contributed by atoms with Crippen LogP contribution in [0.15, 0.2) is 29.5 Å². The van der Waals surface area contributed by atoms with Crippen molar-refractivity contribution in [2.24, 2.45) is 0 Å². The molecule has 1 aromatic carbocycles. The number of rotatable bonds is 9. The van der Waals surface area contributed by atoms with Crippen molar-refractivity contribution in [3.05, 3.63) is 50.2 Å². The van der Waals surface area contributed by atoms with Crippen molar-refractivity contribution in [3.63, 3.8) is 0 Å². The average Bonchev–Trinajstić information content (AvgIpc) is 2.67. The molecule has 1 unspecified atom stereocenters. The summed E-state index contributed by atoms with van der Waals surface area (Å²) in [7, 11) is 2.97. The quantitative estimate of drug-likeness (QED) is 0.278. The van der Waals surface area contributed by atoms with Gasteiger partial charge < -0.3 is 19.5 Å². The third kappa shape index (κ3) is 5.22. The van der Waals surface area contributed by atoms with Crippen LogP contribution in [-0.4, -0.2) is 62.4 Å². The van der Waals surface area contributed by atoms with Gasteiger partial charge in [-0.3, -0.25) is 15.0 Å². The molecular weight excluding hydrogens is 406 g/mol.